The Morgan fingerprint density at radius 1 is 1.24 bits per heavy atom. The van der Waals surface area contributed by atoms with Gasteiger partial charge >= 0.3 is 0 Å². The van der Waals surface area contributed by atoms with Gasteiger partial charge in [-0.2, -0.15) is 0 Å². The molecule has 0 saturated carbocycles. The van der Waals surface area contributed by atoms with Gasteiger partial charge in [-0.1, -0.05) is 6.92 Å². The van der Waals surface area contributed by atoms with Crippen LogP contribution < -0.4 is 5.32 Å². The smallest absolute Gasteiger partial charge is 0.194 e. The number of benzene rings is 1. The molecule has 1 aromatic heterocycles. The minimum Gasteiger partial charge on any atom is -0.311 e. The number of nitrogens with zero attached hydrogens (tertiary/aromatic N) is 2. The SMILES string of the molecule is CCCc1nc2c(n1-c1cc(F)c(F)c(F)c1)CCNC2. The Morgan fingerprint density at radius 3 is 2.62 bits per heavy atom. The van der Waals surface area contributed by atoms with Crippen LogP contribution in [-0.2, 0) is 19.4 Å². The summed E-state index contributed by atoms with van der Waals surface area (Å²) in [7, 11) is 0. The second kappa shape index (κ2) is 5.52. The van der Waals surface area contributed by atoms with Crippen LogP contribution in [0, 0.1) is 17.5 Å². The molecule has 21 heavy (non-hydrogen) atoms. The number of nitrogens with one attached hydrogen (secondary N) is 1. The molecule has 0 amide bonds. The number of aryl methyl sites for hydroxylation is 1. The first kappa shape index (κ1) is 14.1. The predicted octanol–water partition coefficient (Wildman–Crippen LogP) is 2.89. The first-order chi connectivity index (χ1) is 10.1. The highest BCUT2D eigenvalue weighted by atomic mass is 19.2. The molecule has 0 unspecified atom stereocenters. The Labute approximate surface area is 120 Å². The lowest BCUT2D eigenvalue weighted by atomic mass is 10.1. The summed E-state index contributed by atoms with van der Waals surface area (Å²) in [4.78, 5) is 4.56. The van der Waals surface area contributed by atoms with Crippen molar-refractivity contribution in [1.82, 2.24) is 14.9 Å². The molecule has 0 fully saturated rings. The Morgan fingerprint density at radius 2 is 1.95 bits per heavy atom. The molecule has 1 aliphatic rings. The molecule has 3 nitrogen and oxygen atoms in total. The molecule has 2 heterocycles. The molecule has 0 atom stereocenters. The topological polar surface area (TPSA) is 29.9 Å². The van der Waals surface area contributed by atoms with Crippen LogP contribution in [0.1, 0.15) is 30.6 Å². The van der Waals surface area contributed by atoms with Crippen LogP contribution in [0.4, 0.5) is 13.2 Å². The van der Waals surface area contributed by atoms with Gasteiger partial charge in [0.05, 0.1) is 11.4 Å². The first-order valence-corrected chi connectivity index (χ1v) is 7.06. The number of rotatable bonds is 3. The highest BCUT2D eigenvalue weighted by Gasteiger charge is 2.22. The van der Waals surface area contributed by atoms with Gasteiger partial charge in [0.1, 0.15) is 5.82 Å². The minimum absolute atomic E-state index is 0.297. The van der Waals surface area contributed by atoms with Crippen LogP contribution >= 0.6 is 0 Å². The van der Waals surface area contributed by atoms with E-state index in [1.807, 2.05) is 6.92 Å². The molecule has 0 aliphatic carbocycles. The van der Waals surface area contributed by atoms with Crippen molar-refractivity contribution < 1.29 is 13.2 Å². The van der Waals surface area contributed by atoms with Crippen molar-refractivity contribution >= 4 is 0 Å². The van der Waals surface area contributed by atoms with Gasteiger partial charge in [-0.25, -0.2) is 18.2 Å². The largest absolute Gasteiger partial charge is 0.311 e. The average molecular weight is 295 g/mol. The number of aromatic nitrogens is 2. The van der Waals surface area contributed by atoms with Gasteiger partial charge in [0.2, 0.25) is 0 Å². The minimum atomic E-state index is -1.44. The van der Waals surface area contributed by atoms with Crippen molar-refractivity contribution in [3.8, 4) is 5.69 Å². The maximum Gasteiger partial charge on any atom is 0.194 e. The highest BCUT2D eigenvalue weighted by Crippen LogP contribution is 2.25. The lowest BCUT2D eigenvalue weighted by Crippen LogP contribution is -2.24. The number of hydrogen-bond acceptors (Lipinski definition) is 2. The fourth-order valence-corrected chi connectivity index (χ4v) is 2.73. The lowest BCUT2D eigenvalue weighted by Gasteiger charge is -2.16. The van der Waals surface area contributed by atoms with Crippen LogP contribution in [0.2, 0.25) is 0 Å². The van der Waals surface area contributed by atoms with E-state index in [-0.39, 0.29) is 0 Å². The van der Waals surface area contributed by atoms with E-state index in [9.17, 15) is 13.2 Å². The van der Waals surface area contributed by atoms with Crippen molar-refractivity contribution in [2.45, 2.75) is 32.7 Å². The number of halogens is 3. The first-order valence-electron chi connectivity index (χ1n) is 7.06. The van der Waals surface area contributed by atoms with Gasteiger partial charge in [-0.15, -0.1) is 0 Å². The molecular weight excluding hydrogens is 279 g/mol. The third-order valence-electron chi connectivity index (χ3n) is 3.66. The molecule has 3 rings (SSSR count). The van der Waals surface area contributed by atoms with E-state index in [2.05, 4.69) is 10.3 Å². The van der Waals surface area contributed by atoms with Gasteiger partial charge in [-0.05, 0) is 6.42 Å². The maximum absolute atomic E-state index is 13.5. The Bertz CT molecular complexity index is 656. The summed E-state index contributed by atoms with van der Waals surface area (Å²) < 4.78 is 42.0. The molecule has 0 radical (unpaired) electrons. The summed E-state index contributed by atoms with van der Waals surface area (Å²) in [5.74, 6) is -3.03. The van der Waals surface area contributed by atoms with Crippen molar-refractivity contribution in [3.05, 3.63) is 46.8 Å². The summed E-state index contributed by atoms with van der Waals surface area (Å²) in [6, 6.07) is 2.06. The van der Waals surface area contributed by atoms with E-state index >= 15 is 0 Å². The molecule has 0 spiro atoms. The normalized spacial score (nSPS) is 14.3. The van der Waals surface area contributed by atoms with E-state index in [0.717, 1.165) is 48.7 Å². The quantitative estimate of drug-likeness (QED) is 0.882. The van der Waals surface area contributed by atoms with E-state index in [4.69, 9.17) is 0 Å². The van der Waals surface area contributed by atoms with Crippen LogP contribution in [0.5, 0.6) is 0 Å². The summed E-state index contributed by atoms with van der Waals surface area (Å²) >= 11 is 0. The molecule has 2 aromatic rings. The molecule has 6 heteroatoms. The molecule has 1 aliphatic heterocycles. The maximum atomic E-state index is 13.5. The standard InChI is InChI=1S/C15H16F3N3/c1-2-3-14-20-12-8-19-5-4-13(12)21(14)9-6-10(16)15(18)11(17)7-9/h6-7,19H,2-5,8H2,1H3. The van der Waals surface area contributed by atoms with Crippen molar-refractivity contribution in [1.29, 1.82) is 0 Å². The zero-order valence-corrected chi connectivity index (χ0v) is 11.7. The molecule has 1 aromatic carbocycles. The second-order valence-corrected chi connectivity index (χ2v) is 5.16. The predicted molar refractivity (Wildman–Crippen MR) is 72.8 cm³/mol. The molecule has 112 valence electrons. The molecule has 1 N–H and O–H groups in total. The third kappa shape index (κ3) is 2.44. The zero-order valence-electron chi connectivity index (χ0n) is 11.7. The Kier molecular flexibility index (Phi) is 3.71. The van der Waals surface area contributed by atoms with E-state index < -0.39 is 17.5 Å². The van der Waals surface area contributed by atoms with Gasteiger partial charge < -0.3 is 9.88 Å². The van der Waals surface area contributed by atoms with Crippen LogP contribution in [-0.4, -0.2) is 16.1 Å². The average Bonchev–Trinajstić information content (AvgIpc) is 2.82. The number of imidazole rings is 1. The van der Waals surface area contributed by atoms with Crippen LogP contribution in [0.25, 0.3) is 5.69 Å². The Balaban J connectivity index is 2.18. The van der Waals surface area contributed by atoms with Gasteiger partial charge in [0, 0.05) is 43.8 Å². The highest BCUT2D eigenvalue weighted by molar-refractivity contribution is 5.40. The summed E-state index contributed by atoms with van der Waals surface area (Å²) in [5.41, 5.74) is 2.14. The zero-order chi connectivity index (χ0) is 15.0. The Hall–Kier alpha value is -1.82. The van der Waals surface area contributed by atoms with E-state index in [0.29, 0.717) is 18.7 Å². The van der Waals surface area contributed by atoms with E-state index in [1.165, 1.54) is 0 Å². The summed E-state index contributed by atoms with van der Waals surface area (Å²) in [6.07, 6.45) is 2.30. The molecule has 0 saturated heterocycles. The monoisotopic (exact) mass is 295 g/mol. The van der Waals surface area contributed by atoms with Gasteiger partial charge in [0.25, 0.3) is 0 Å². The summed E-state index contributed by atoms with van der Waals surface area (Å²) in [5, 5.41) is 3.22. The van der Waals surface area contributed by atoms with Crippen molar-refractivity contribution in [2.75, 3.05) is 6.54 Å². The fourth-order valence-electron chi connectivity index (χ4n) is 2.73. The summed E-state index contributed by atoms with van der Waals surface area (Å²) in [6.45, 7) is 3.45. The number of fused-ring (bicyclic) bond motifs is 1. The third-order valence-corrected chi connectivity index (χ3v) is 3.66. The molecular formula is C15H16F3N3. The van der Waals surface area contributed by atoms with Crippen molar-refractivity contribution in [2.24, 2.45) is 0 Å². The van der Waals surface area contributed by atoms with E-state index in [1.54, 1.807) is 4.57 Å². The lowest BCUT2D eigenvalue weighted by molar-refractivity contribution is 0.446. The van der Waals surface area contributed by atoms with Gasteiger partial charge in [-0.3, -0.25) is 0 Å². The molecule has 0 bridgehead atoms. The van der Waals surface area contributed by atoms with Crippen LogP contribution in [0.15, 0.2) is 12.1 Å². The fraction of sp³-hybridized carbons (Fsp3) is 0.400. The second-order valence-electron chi connectivity index (χ2n) is 5.16. The van der Waals surface area contributed by atoms with Crippen molar-refractivity contribution in [3.63, 3.8) is 0 Å². The number of hydrogen-bond donors (Lipinski definition) is 1. The van der Waals surface area contributed by atoms with Gasteiger partial charge in [0.15, 0.2) is 17.5 Å². The van der Waals surface area contributed by atoms with Crippen LogP contribution in [0.3, 0.4) is 0 Å².